The topological polar surface area (TPSA) is 112 Å². The number of carbonyl (C=O) groups excluding carboxylic acids is 1. The predicted molar refractivity (Wildman–Crippen MR) is 116 cm³/mol. The number of rotatable bonds is 4. The average Bonchev–Trinajstić information content (AvgIpc) is 3.33. The number of thiazole rings is 1. The van der Waals surface area contributed by atoms with Gasteiger partial charge in [0.25, 0.3) is 5.69 Å². The number of nitro benzene ring substituents is 1. The fourth-order valence-electron chi connectivity index (χ4n) is 3.94. The molecule has 1 N–H and O–H groups in total. The first-order valence-electron chi connectivity index (χ1n) is 9.53. The number of hydrogen-bond acceptors (Lipinski definition) is 7. The van der Waals surface area contributed by atoms with Crippen LogP contribution in [0.1, 0.15) is 29.2 Å². The monoisotopic (exact) mass is 435 g/mol. The van der Waals surface area contributed by atoms with Gasteiger partial charge in [0.1, 0.15) is 11.6 Å². The number of nitrogens with one attached hydrogen (secondary N) is 1. The van der Waals surface area contributed by atoms with Gasteiger partial charge in [0.2, 0.25) is 11.0 Å². The molecule has 0 saturated heterocycles. The van der Waals surface area contributed by atoms with E-state index >= 15 is 0 Å². The van der Waals surface area contributed by atoms with E-state index in [1.54, 1.807) is 23.9 Å². The van der Waals surface area contributed by atoms with Crippen molar-refractivity contribution < 1.29 is 14.5 Å². The van der Waals surface area contributed by atoms with Crippen LogP contribution in [0.5, 0.6) is 5.75 Å². The molecule has 0 fully saturated rings. The summed E-state index contributed by atoms with van der Waals surface area (Å²) in [6.07, 6.45) is 0.192. The Morgan fingerprint density at radius 3 is 2.90 bits per heavy atom. The van der Waals surface area contributed by atoms with Crippen LogP contribution in [0.15, 0.2) is 42.5 Å². The molecule has 2 aromatic carbocycles. The second-order valence-electron chi connectivity index (χ2n) is 7.25. The molecule has 9 nitrogen and oxygen atoms in total. The molecule has 0 radical (unpaired) electrons. The summed E-state index contributed by atoms with van der Waals surface area (Å²) in [6, 6.07) is 12.0. The lowest BCUT2D eigenvalue weighted by Gasteiger charge is -2.24. The van der Waals surface area contributed by atoms with Gasteiger partial charge < -0.3 is 10.1 Å². The van der Waals surface area contributed by atoms with E-state index in [0.717, 1.165) is 27.2 Å². The van der Waals surface area contributed by atoms with Crippen LogP contribution in [0.25, 0.3) is 15.3 Å². The molecule has 1 amide bonds. The number of nitrogens with zero attached hydrogens (tertiary/aromatic N) is 4. The Balaban J connectivity index is 1.64. The Morgan fingerprint density at radius 1 is 1.29 bits per heavy atom. The van der Waals surface area contributed by atoms with Crippen molar-refractivity contribution in [2.24, 2.45) is 0 Å². The van der Waals surface area contributed by atoms with E-state index in [1.165, 1.54) is 23.5 Å². The number of amides is 1. The van der Waals surface area contributed by atoms with Gasteiger partial charge >= 0.3 is 0 Å². The molecule has 0 spiro atoms. The zero-order chi connectivity index (χ0) is 21.7. The molecule has 0 bridgehead atoms. The van der Waals surface area contributed by atoms with Crippen LogP contribution in [0.2, 0.25) is 0 Å². The van der Waals surface area contributed by atoms with Crippen molar-refractivity contribution in [3.05, 3.63) is 69.4 Å². The maximum atomic E-state index is 12.6. The lowest BCUT2D eigenvalue weighted by molar-refractivity contribution is -0.384. The van der Waals surface area contributed by atoms with E-state index in [-0.39, 0.29) is 23.9 Å². The molecule has 1 unspecified atom stereocenters. The van der Waals surface area contributed by atoms with Crippen LogP contribution in [0, 0.1) is 17.0 Å². The van der Waals surface area contributed by atoms with Crippen LogP contribution >= 0.6 is 11.3 Å². The van der Waals surface area contributed by atoms with E-state index in [2.05, 4.69) is 15.4 Å². The Bertz CT molecular complexity index is 1360. The van der Waals surface area contributed by atoms with E-state index in [4.69, 9.17) is 4.74 Å². The number of anilines is 1. The Kier molecular flexibility index (Phi) is 4.44. The first-order valence-corrected chi connectivity index (χ1v) is 10.3. The summed E-state index contributed by atoms with van der Waals surface area (Å²) >= 11 is 1.44. The minimum atomic E-state index is -0.432. The first-order chi connectivity index (χ1) is 14.9. The molecule has 156 valence electrons. The summed E-state index contributed by atoms with van der Waals surface area (Å²) in [5, 5.41) is 19.4. The molecular weight excluding hydrogens is 418 g/mol. The summed E-state index contributed by atoms with van der Waals surface area (Å²) in [4.78, 5) is 28.0. The van der Waals surface area contributed by atoms with Crippen LogP contribution in [0.3, 0.4) is 0 Å². The second-order valence-corrected chi connectivity index (χ2v) is 8.26. The summed E-state index contributed by atoms with van der Waals surface area (Å²) in [7, 11) is 1.61. The van der Waals surface area contributed by atoms with Crippen LogP contribution in [-0.4, -0.2) is 32.7 Å². The van der Waals surface area contributed by atoms with Gasteiger partial charge in [-0.15, -0.1) is 0 Å². The highest BCUT2D eigenvalue weighted by atomic mass is 32.1. The molecule has 4 aromatic rings. The van der Waals surface area contributed by atoms with Gasteiger partial charge in [-0.3, -0.25) is 14.9 Å². The van der Waals surface area contributed by atoms with Gasteiger partial charge in [-0.1, -0.05) is 23.5 Å². The highest BCUT2D eigenvalue weighted by Crippen LogP contribution is 2.41. The van der Waals surface area contributed by atoms with Crippen LogP contribution in [-0.2, 0) is 4.79 Å². The largest absolute Gasteiger partial charge is 0.497 e. The van der Waals surface area contributed by atoms with Crippen molar-refractivity contribution in [2.45, 2.75) is 19.3 Å². The van der Waals surface area contributed by atoms with Crippen LogP contribution in [0.4, 0.5) is 11.5 Å². The lowest BCUT2D eigenvalue weighted by atomic mass is 9.85. The van der Waals surface area contributed by atoms with Gasteiger partial charge in [0.05, 0.1) is 27.9 Å². The number of non-ortho nitro benzene ring substituents is 1. The maximum absolute atomic E-state index is 12.6. The SMILES string of the molecule is COc1ccc2nc(-n3nc(C)c4c3NC(=O)CC4c3cccc([N+](=O)[O-])c3)sc2c1. The van der Waals surface area contributed by atoms with Crippen LogP contribution < -0.4 is 10.1 Å². The normalized spacial score (nSPS) is 15.5. The second kappa shape index (κ2) is 7.17. The molecule has 1 atom stereocenters. The number of hydrogen-bond donors (Lipinski definition) is 1. The third-order valence-electron chi connectivity index (χ3n) is 5.35. The lowest BCUT2D eigenvalue weighted by Crippen LogP contribution is -2.25. The fraction of sp³-hybridized carbons (Fsp3) is 0.190. The fourth-order valence-corrected chi connectivity index (χ4v) is 4.89. The third kappa shape index (κ3) is 3.21. The number of methoxy groups -OCH3 is 1. The smallest absolute Gasteiger partial charge is 0.269 e. The van der Waals surface area contributed by atoms with Gasteiger partial charge in [-0.2, -0.15) is 9.78 Å². The predicted octanol–water partition coefficient (Wildman–Crippen LogP) is 4.18. The van der Waals surface area contributed by atoms with Gasteiger partial charge in [-0.25, -0.2) is 4.98 Å². The Labute approximate surface area is 180 Å². The minimum Gasteiger partial charge on any atom is -0.497 e. The van der Waals surface area contributed by atoms with E-state index < -0.39 is 4.92 Å². The van der Waals surface area contributed by atoms with Gasteiger partial charge in [0, 0.05) is 30.0 Å². The van der Waals surface area contributed by atoms with Crippen molar-refractivity contribution >= 4 is 39.0 Å². The van der Waals surface area contributed by atoms with Crippen molar-refractivity contribution in [3.63, 3.8) is 0 Å². The third-order valence-corrected chi connectivity index (χ3v) is 6.35. The standard InChI is InChI=1S/C21H17N5O4S/c1-11-19-15(12-4-3-5-13(8-12)26(28)29)10-18(27)23-20(19)25(24-11)21-22-16-7-6-14(30-2)9-17(16)31-21/h3-9,15H,10H2,1-2H3,(H,23,27). The molecule has 0 aliphatic carbocycles. The van der Waals surface area contributed by atoms with Gasteiger partial charge in [0.15, 0.2) is 0 Å². The summed E-state index contributed by atoms with van der Waals surface area (Å²) < 4.78 is 7.87. The van der Waals surface area contributed by atoms with Crippen molar-refractivity contribution in [2.75, 3.05) is 12.4 Å². The highest BCUT2D eigenvalue weighted by Gasteiger charge is 2.33. The molecule has 31 heavy (non-hydrogen) atoms. The summed E-state index contributed by atoms with van der Waals surface area (Å²) in [5.41, 5.74) is 3.09. The maximum Gasteiger partial charge on any atom is 0.269 e. The highest BCUT2D eigenvalue weighted by molar-refractivity contribution is 7.20. The number of carbonyl (C=O) groups is 1. The minimum absolute atomic E-state index is 0.00445. The number of aryl methyl sites for hydroxylation is 1. The van der Waals surface area contributed by atoms with Crippen molar-refractivity contribution in [1.29, 1.82) is 0 Å². The number of ether oxygens (including phenoxy) is 1. The zero-order valence-corrected chi connectivity index (χ0v) is 17.5. The number of aromatic nitrogens is 3. The van der Waals surface area contributed by atoms with E-state index in [9.17, 15) is 14.9 Å². The molecule has 1 aliphatic rings. The number of benzene rings is 2. The Hall–Kier alpha value is -3.79. The molecule has 10 heteroatoms. The quantitative estimate of drug-likeness (QED) is 0.380. The van der Waals surface area contributed by atoms with Crippen molar-refractivity contribution in [1.82, 2.24) is 14.8 Å². The molecule has 0 saturated carbocycles. The van der Waals surface area contributed by atoms with Gasteiger partial charge in [-0.05, 0) is 30.7 Å². The first kappa shape index (κ1) is 19.2. The zero-order valence-electron chi connectivity index (χ0n) is 16.7. The molecule has 3 heterocycles. The Morgan fingerprint density at radius 2 is 2.13 bits per heavy atom. The molecular formula is C21H17N5O4S. The molecule has 1 aliphatic heterocycles. The van der Waals surface area contributed by atoms with E-state index in [0.29, 0.717) is 16.5 Å². The summed E-state index contributed by atoms with van der Waals surface area (Å²) in [6.45, 7) is 1.87. The molecule has 2 aromatic heterocycles. The van der Waals surface area contributed by atoms with Crippen molar-refractivity contribution in [3.8, 4) is 10.9 Å². The number of fused-ring (bicyclic) bond motifs is 2. The average molecular weight is 435 g/mol. The number of nitro groups is 1. The molecule has 5 rings (SSSR count). The summed E-state index contributed by atoms with van der Waals surface area (Å²) in [5.74, 6) is 0.788. The van der Waals surface area contributed by atoms with E-state index in [1.807, 2.05) is 25.1 Å².